The number of nitro groups is 2. The van der Waals surface area contributed by atoms with Crippen LogP contribution >= 0.6 is 12.2 Å². The Hall–Kier alpha value is -2.51. The van der Waals surface area contributed by atoms with Crippen LogP contribution in [0.15, 0.2) is 23.2 Å². The zero-order valence-corrected chi connectivity index (χ0v) is 8.84. The SMILES string of the molecule is O=C(N=C=S)c1cc([N+](=O)[O-])cc([N+](=O)[O-])c1. The number of carbonyl (C=O) groups is 1. The Bertz CT molecular complexity index is 532. The number of isothiocyanates is 1. The molecule has 0 saturated carbocycles. The second-order valence-electron chi connectivity index (χ2n) is 2.76. The number of carbonyl (C=O) groups excluding carboxylic acids is 1. The van der Waals surface area contributed by atoms with Gasteiger partial charge in [-0.2, -0.15) is 4.99 Å². The second kappa shape index (κ2) is 5.01. The predicted molar refractivity (Wildman–Crippen MR) is 59.1 cm³/mol. The lowest BCUT2D eigenvalue weighted by Gasteiger charge is -1.96. The second-order valence-corrected chi connectivity index (χ2v) is 2.94. The van der Waals surface area contributed by atoms with Crippen molar-refractivity contribution in [3.63, 3.8) is 0 Å². The Morgan fingerprint density at radius 3 is 2.00 bits per heavy atom. The van der Waals surface area contributed by atoms with Crippen LogP contribution in [0, 0.1) is 20.2 Å². The summed E-state index contributed by atoms with van der Waals surface area (Å²) in [5.41, 5.74) is -1.42. The Balaban J connectivity index is 3.40. The van der Waals surface area contributed by atoms with Crippen LogP contribution in [-0.4, -0.2) is 20.9 Å². The van der Waals surface area contributed by atoms with E-state index in [2.05, 4.69) is 17.2 Å². The number of rotatable bonds is 3. The molecule has 0 heterocycles. The largest absolute Gasteiger partial charge is 0.286 e. The maximum atomic E-state index is 11.3. The lowest BCUT2D eigenvalue weighted by Crippen LogP contribution is -1.99. The summed E-state index contributed by atoms with van der Waals surface area (Å²) in [7, 11) is 0. The molecule has 0 bridgehead atoms. The van der Waals surface area contributed by atoms with E-state index in [0.717, 1.165) is 18.2 Å². The van der Waals surface area contributed by atoms with E-state index in [1.54, 1.807) is 5.16 Å². The smallest absolute Gasteiger partial charge is 0.266 e. The van der Waals surface area contributed by atoms with Crippen LogP contribution in [0.2, 0.25) is 0 Å². The number of amides is 1. The van der Waals surface area contributed by atoms with Crippen LogP contribution in [0.3, 0.4) is 0 Å². The van der Waals surface area contributed by atoms with Gasteiger partial charge in [-0.3, -0.25) is 25.0 Å². The molecule has 0 fully saturated rings. The van der Waals surface area contributed by atoms with Gasteiger partial charge in [-0.1, -0.05) is 0 Å². The molecule has 0 radical (unpaired) electrons. The van der Waals surface area contributed by atoms with Crippen molar-refractivity contribution in [1.29, 1.82) is 0 Å². The molecule has 0 unspecified atom stereocenters. The number of nitro benzene ring substituents is 2. The fourth-order valence-corrected chi connectivity index (χ4v) is 1.12. The highest BCUT2D eigenvalue weighted by atomic mass is 32.1. The van der Waals surface area contributed by atoms with Crippen molar-refractivity contribution in [3.8, 4) is 0 Å². The first-order valence-corrected chi connectivity index (χ1v) is 4.42. The summed E-state index contributed by atoms with van der Waals surface area (Å²) < 4.78 is 0. The molecule has 86 valence electrons. The van der Waals surface area contributed by atoms with Crippen molar-refractivity contribution in [2.45, 2.75) is 0 Å². The molecule has 1 rings (SSSR count). The van der Waals surface area contributed by atoms with Gasteiger partial charge in [-0.25, -0.2) is 0 Å². The van der Waals surface area contributed by atoms with Crippen LogP contribution < -0.4 is 0 Å². The number of non-ortho nitro benzene ring substituents is 2. The molecule has 0 N–H and O–H groups in total. The molecule has 1 amide bonds. The summed E-state index contributed by atoms with van der Waals surface area (Å²) >= 11 is 4.19. The van der Waals surface area contributed by atoms with Gasteiger partial charge in [0.2, 0.25) is 0 Å². The molecule has 1 aromatic carbocycles. The van der Waals surface area contributed by atoms with Crippen molar-refractivity contribution in [2.24, 2.45) is 4.99 Å². The topological polar surface area (TPSA) is 116 Å². The van der Waals surface area contributed by atoms with Gasteiger partial charge < -0.3 is 0 Å². The first kappa shape index (κ1) is 12.6. The van der Waals surface area contributed by atoms with Crippen LogP contribution in [0.25, 0.3) is 0 Å². The minimum Gasteiger partial charge on any atom is -0.266 e. The van der Waals surface area contributed by atoms with E-state index < -0.39 is 27.1 Å². The van der Waals surface area contributed by atoms with Crippen molar-refractivity contribution in [2.75, 3.05) is 0 Å². The number of nitrogens with zero attached hydrogens (tertiary/aromatic N) is 3. The quantitative estimate of drug-likeness (QED) is 0.350. The van der Waals surface area contributed by atoms with Crippen molar-refractivity contribution >= 4 is 34.7 Å². The maximum Gasteiger partial charge on any atom is 0.286 e. The molecule has 0 aliphatic carbocycles. The molecule has 1 aromatic rings. The zero-order chi connectivity index (χ0) is 13.0. The lowest BCUT2D eigenvalue weighted by atomic mass is 10.1. The minimum absolute atomic E-state index is 0.289. The van der Waals surface area contributed by atoms with Crippen molar-refractivity contribution < 1.29 is 14.6 Å². The van der Waals surface area contributed by atoms with E-state index in [-0.39, 0.29) is 5.56 Å². The molecule has 0 saturated heterocycles. The third-order valence-electron chi connectivity index (χ3n) is 1.72. The first-order chi connectivity index (χ1) is 7.95. The number of hydrogen-bond acceptors (Lipinski definition) is 6. The van der Waals surface area contributed by atoms with Crippen molar-refractivity contribution in [1.82, 2.24) is 0 Å². The van der Waals surface area contributed by atoms with Gasteiger partial charge in [0, 0.05) is 12.1 Å². The summed E-state index contributed by atoms with van der Waals surface area (Å²) in [6.07, 6.45) is 0. The highest BCUT2D eigenvalue weighted by Gasteiger charge is 2.19. The Morgan fingerprint density at radius 2 is 1.65 bits per heavy atom. The van der Waals surface area contributed by atoms with Gasteiger partial charge in [-0.05, 0) is 12.2 Å². The third-order valence-corrected chi connectivity index (χ3v) is 1.81. The summed E-state index contributed by atoms with van der Waals surface area (Å²) in [4.78, 5) is 33.7. The predicted octanol–water partition coefficient (Wildman–Crippen LogP) is 1.75. The molecule has 9 heteroatoms. The number of aliphatic imine (C=N–C) groups is 1. The average Bonchev–Trinajstić information content (AvgIpc) is 2.28. The number of benzene rings is 1. The molecule has 0 atom stereocenters. The van der Waals surface area contributed by atoms with Crippen LogP contribution in [0.5, 0.6) is 0 Å². The standard InChI is InChI=1S/C8H3N3O5S/c12-8(9-4-17)5-1-6(10(13)14)3-7(2-5)11(15)16/h1-3H. The zero-order valence-electron chi connectivity index (χ0n) is 8.02. The molecular weight excluding hydrogens is 250 g/mol. The summed E-state index contributed by atoms with van der Waals surface area (Å²) in [6.45, 7) is 0. The lowest BCUT2D eigenvalue weighted by molar-refractivity contribution is -0.394. The van der Waals surface area contributed by atoms with Gasteiger partial charge in [0.15, 0.2) is 0 Å². The Kier molecular flexibility index (Phi) is 3.70. The number of hydrogen-bond donors (Lipinski definition) is 0. The minimum atomic E-state index is -0.924. The van der Waals surface area contributed by atoms with E-state index in [1.165, 1.54) is 0 Å². The van der Waals surface area contributed by atoms with E-state index >= 15 is 0 Å². The van der Waals surface area contributed by atoms with Gasteiger partial charge in [0.1, 0.15) is 0 Å². The normalized spacial score (nSPS) is 9.18. The van der Waals surface area contributed by atoms with Crippen molar-refractivity contribution in [3.05, 3.63) is 44.0 Å². The van der Waals surface area contributed by atoms with Crippen LogP contribution in [-0.2, 0) is 0 Å². The summed E-state index contributed by atoms with van der Waals surface area (Å²) in [5, 5.41) is 22.8. The van der Waals surface area contributed by atoms with Gasteiger partial charge in [0.05, 0.1) is 26.6 Å². The fraction of sp³-hybridized carbons (Fsp3) is 0. The highest BCUT2D eigenvalue weighted by Crippen LogP contribution is 2.23. The number of thiocarbonyl (C=S) groups is 1. The fourth-order valence-electron chi connectivity index (χ4n) is 1.04. The molecule has 0 aliphatic heterocycles. The van der Waals surface area contributed by atoms with E-state index in [9.17, 15) is 25.0 Å². The highest BCUT2D eigenvalue weighted by molar-refractivity contribution is 7.78. The van der Waals surface area contributed by atoms with Gasteiger partial charge in [-0.15, -0.1) is 0 Å². The Morgan fingerprint density at radius 1 is 1.18 bits per heavy atom. The molecule has 8 nitrogen and oxygen atoms in total. The maximum absolute atomic E-state index is 11.3. The van der Waals surface area contributed by atoms with E-state index in [1.807, 2.05) is 0 Å². The third kappa shape index (κ3) is 2.97. The summed E-state index contributed by atoms with van der Waals surface area (Å²) in [6, 6.07) is 2.51. The van der Waals surface area contributed by atoms with Crippen LogP contribution in [0.1, 0.15) is 10.4 Å². The molecule has 0 aromatic heterocycles. The van der Waals surface area contributed by atoms with Gasteiger partial charge >= 0.3 is 0 Å². The molecular formula is C8H3N3O5S. The molecule has 17 heavy (non-hydrogen) atoms. The van der Waals surface area contributed by atoms with Gasteiger partial charge in [0.25, 0.3) is 17.3 Å². The van der Waals surface area contributed by atoms with Crippen LogP contribution in [0.4, 0.5) is 11.4 Å². The monoisotopic (exact) mass is 253 g/mol. The average molecular weight is 253 g/mol. The Labute approximate surface area is 98.9 Å². The van der Waals surface area contributed by atoms with E-state index in [0.29, 0.717) is 0 Å². The summed E-state index contributed by atoms with van der Waals surface area (Å²) in [5.74, 6) is -0.924. The molecule has 0 aliphatic rings. The van der Waals surface area contributed by atoms with E-state index in [4.69, 9.17) is 0 Å². The molecule has 0 spiro atoms. The first-order valence-electron chi connectivity index (χ1n) is 4.02.